The number of hydrogen-bond acceptors (Lipinski definition) is 3. The molecule has 0 bridgehead atoms. The SMILES string of the molecule is CC(NC(=O)Cc1ccccc1)c1ccc(S(C)(=O)=O)cc1. The van der Waals surface area contributed by atoms with Crippen molar-refractivity contribution in [1.82, 2.24) is 5.32 Å². The first-order valence-corrected chi connectivity index (χ1v) is 8.89. The van der Waals surface area contributed by atoms with E-state index in [1.807, 2.05) is 37.3 Å². The van der Waals surface area contributed by atoms with Gasteiger partial charge in [0.2, 0.25) is 5.91 Å². The van der Waals surface area contributed by atoms with Gasteiger partial charge in [-0.25, -0.2) is 8.42 Å². The molecule has 0 aromatic heterocycles. The van der Waals surface area contributed by atoms with E-state index in [0.717, 1.165) is 11.1 Å². The van der Waals surface area contributed by atoms with Crippen molar-refractivity contribution in [1.29, 1.82) is 0 Å². The summed E-state index contributed by atoms with van der Waals surface area (Å²) in [6.07, 6.45) is 1.50. The highest BCUT2D eigenvalue weighted by molar-refractivity contribution is 7.90. The van der Waals surface area contributed by atoms with Crippen LogP contribution in [0.25, 0.3) is 0 Å². The van der Waals surface area contributed by atoms with E-state index in [1.54, 1.807) is 24.3 Å². The molecule has 0 aliphatic carbocycles. The van der Waals surface area contributed by atoms with Crippen LogP contribution in [0, 0.1) is 0 Å². The molecular weight excluding hydrogens is 298 g/mol. The average Bonchev–Trinajstić information content (AvgIpc) is 2.47. The van der Waals surface area contributed by atoms with Crippen molar-refractivity contribution in [3.8, 4) is 0 Å². The van der Waals surface area contributed by atoms with Crippen LogP contribution < -0.4 is 5.32 Å². The van der Waals surface area contributed by atoms with Gasteiger partial charge in [-0.2, -0.15) is 0 Å². The molecule has 0 heterocycles. The molecular formula is C17H19NO3S. The highest BCUT2D eigenvalue weighted by Gasteiger charge is 2.12. The largest absolute Gasteiger partial charge is 0.349 e. The minimum atomic E-state index is -3.20. The van der Waals surface area contributed by atoms with Crippen LogP contribution in [-0.2, 0) is 21.1 Å². The smallest absolute Gasteiger partial charge is 0.224 e. The third-order valence-corrected chi connectivity index (χ3v) is 4.52. The summed E-state index contributed by atoms with van der Waals surface area (Å²) in [5.41, 5.74) is 1.83. The Morgan fingerprint density at radius 3 is 2.18 bits per heavy atom. The maximum Gasteiger partial charge on any atom is 0.224 e. The van der Waals surface area contributed by atoms with Crippen LogP contribution in [0.1, 0.15) is 24.1 Å². The molecule has 2 aromatic carbocycles. The van der Waals surface area contributed by atoms with Crippen LogP contribution in [0.3, 0.4) is 0 Å². The fourth-order valence-electron chi connectivity index (χ4n) is 2.16. The summed E-state index contributed by atoms with van der Waals surface area (Å²) in [5.74, 6) is -0.0640. The van der Waals surface area contributed by atoms with Gasteiger partial charge in [0.1, 0.15) is 0 Å². The Hall–Kier alpha value is -2.14. The predicted molar refractivity (Wildman–Crippen MR) is 86.3 cm³/mol. The molecule has 5 heteroatoms. The molecule has 0 saturated carbocycles. The normalized spacial score (nSPS) is 12.6. The first kappa shape index (κ1) is 16.2. The van der Waals surface area contributed by atoms with Crippen LogP contribution in [0.5, 0.6) is 0 Å². The number of carbonyl (C=O) groups is 1. The zero-order chi connectivity index (χ0) is 16.2. The predicted octanol–water partition coefficient (Wildman–Crippen LogP) is 2.51. The van der Waals surface area contributed by atoms with Gasteiger partial charge >= 0.3 is 0 Å². The van der Waals surface area contributed by atoms with Crippen molar-refractivity contribution in [2.75, 3.05) is 6.26 Å². The van der Waals surface area contributed by atoms with Crippen molar-refractivity contribution >= 4 is 15.7 Å². The van der Waals surface area contributed by atoms with Crippen molar-refractivity contribution in [2.24, 2.45) is 0 Å². The van der Waals surface area contributed by atoms with E-state index in [1.165, 1.54) is 6.26 Å². The van der Waals surface area contributed by atoms with Crippen molar-refractivity contribution in [3.63, 3.8) is 0 Å². The molecule has 0 fully saturated rings. The molecule has 1 atom stereocenters. The lowest BCUT2D eigenvalue weighted by Crippen LogP contribution is -2.28. The van der Waals surface area contributed by atoms with E-state index in [0.29, 0.717) is 6.42 Å². The van der Waals surface area contributed by atoms with Gasteiger partial charge < -0.3 is 5.32 Å². The third-order valence-electron chi connectivity index (χ3n) is 3.39. The molecule has 0 aliphatic heterocycles. The summed E-state index contributed by atoms with van der Waals surface area (Å²) in [6.45, 7) is 1.87. The fourth-order valence-corrected chi connectivity index (χ4v) is 2.79. The molecule has 4 nitrogen and oxygen atoms in total. The van der Waals surface area contributed by atoms with Gasteiger partial charge in [-0.1, -0.05) is 42.5 Å². The standard InChI is InChI=1S/C17H19NO3S/c1-13(15-8-10-16(11-9-15)22(2,20)21)18-17(19)12-14-6-4-3-5-7-14/h3-11,13H,12H2,1-2H3,(H,18,19). The molecule has 2 rings (SSSR count). The highest BCUT2D eigenvalue weighted by atomic mass is 32.2. The number of hydrogen-bond donors (Lipinski definition) is 1. The van der Waals surface area contributed by atoms with Gasteiger partial charge in [0.15, 0.2) is 9.84 Å². The Bertz CT molecular complexity index is 737. The van der Waals surface area contributed by atoms with E-state index in [-0.39, 0.29) is 16.8 Å². The lowest BCUT2D eigenvalue weighted by molar-refractivity contribution is -0.121. The second-order valence-corrected chi connectivity index (χ2v) is 7.31. The third kappa shape index (κ3) is 4.43. The number of amides is 1. The molecule has 0 spiro atoms. The summed E-state index contributed by atoms with van der Waals surface area (Å²) in [6, 6.07) is 15.9. The van der Waals surface area contributed by atoms with E-state index < -0.39 is 9.84 Å². The van der Waals surface area contributed by atoms with Gasteiger partial charge in [-0.05, 0) is 30.2 Å². The molecule has 1 N–H and O–H groups in total. The van der Waals surface area contributed by atoms with Crippen LogP contribution in [0.2, 0.25) is 0 Å². The Balaban J connectivity index is 2.00. The molecule has 0 aliphatic rings. The zero-order valence-corrected chi connectivity index (χ0v) is 13.4. The lowest BCUT2D eigenvalue weighted by atomic mass is 10.1. The van der Waals surface area contributed by atoms with Gasteiger partial charge in [0.05, 0.1) is 17.4 Å². The Morgan fingerprint density at radius 2 is 1.64 bits per heavy atom. The van der Waals surface area contributed by atoms with E-state index in [2.05, 4.69) is 5.32 Å². The van der Waals surface area contributed by atoms with Gasteiger partial charge in [-0.15, -0.1) is 0 Å². The van der Waals surface area contributed by atoms with Crippen molar-refractivity contribution < 1.29 is 13.2 Å². The number of benzene rings is 2. The molecule has 0 radical (unpaired) electrons. The van der Waals surface area contributed by atoms with Gasteiger partial charge in [0, 0.05) is 6.26 Å². The van der Waals surface area contributed by atoms with E-state index in [9.17, 15) is 13.2 Å². The number of carbonyl (C=O) groups excluding carboxylic acids is 1. The molecule has 22 heavy (non-hydrogen) atoms. The van der Waals surface area contributed by atoms with Gasteiger partial charge in [-0.3, -0.25) is 4.79 Å². The highest BCUT2D eigenvalue weighted by Crippen LogP contribution is 2.16. The summed E-state index contributed by atoms with van der Waals surface area (Å²) >= 11 is 0. The number of sulfone groups is 1. The van der Waals surface area contributed by atoms with E-state index >= 15 is 0 Å². The van der Waals surface area contributed by atoms with Crippen LogP contribution in [-0.4, -0.2) is 20.6 Å². The topological polar surface area (TPSA) is 63.2 Å². The van der Waals surface area contributed by atoms with Crippen LogP contribution >= 0.6 is 0 Å². The maximum atomic E-state index is 12.0. The Morgan fingerprint density at radius 1 is 1.05 bits per heavy atom. The zero-order valence-electron chi connectivity index (χ0n) is 12.6. The minimum absolute atomic E-state index is 0.0640. The fraction of sp³-hybridized carbons (Fsp3) is 0.235. The monoisotopic (exact) mass is 317 g/mol. The second-order valence-electron chi connectivity index (χ2n) is 5.29. The molecule has 116 valence electrons. The summed E-state index contributed by atoms with van der Waals surface area (Å²) in [5, 5.41) is 2.91. The van der Waals surface area contributed by atoms with Crippen LogP contribution in [0.15, 0.2) is 59.5 Å². The molecule has 1 amide bonds. The Kier molecular flexibility index (Phi) is 4.98. The lowest BCUT2D eigenvalue weighted by Gasteiger charge is -2.15. The first-order chi connectivity index (χ1) is 10.4. The minimum Gasteiger partial charge on any atom is -0.349 e. The quantitative estimate of drug-likeness (QED) is 0.921. The Labute approximate surface area is 131 Å². The van der Waals surface area contributed by atoms with Crippen molar-refractivity contribution in [3.05, 3.63) is 65.7 Å². The summed E-state index contributed by atoms with van der Waals surface area (Å²) in [4.78, 5) is 12.3. The second kappa shape index (κ2) is 6.75. The molecule has 2 aromatic rings. The molecule has 1 unspecified atom stereocenters. The van der Waals surface area contributed by atoms with E-state index in [4.69, 9.17) is 0 Å². The van der Waals surface area contributed by atoms with Crippen LogP contribution in [0.4, 0.5) is 0 Å². The average molecular weight is 317 g/mol. The molecule has 0 saturated heterocycles. The van der Waals surface area contributed by atoms with Gasteiger partial charge in [0.25, 0.3) is 0 Å². The maximum absolute atomic E-state index is 12.0. The number of rotatable bonds is 5. The van der Waals surface area contributed by atoms with Crippen molar-refractivity contribution in [2.45, 2.75) is 24.3 Å². The summed E-state index contributed by atoms with van der Waals surface area (Å²) in [7, 11) is -3.20. The first-order valence-electron chi connectivity index (χ1n) is 6.99. The number of nitrogens with one attached hydrogen (secondary N) is 1. The summed E-state index contributed by atoms with van der Waals surface area (Å²) < 4.78 is 22.9.